The highest BCUT2D eigenvalue weighted by molar-refractivity contribution is 6.18. The average Bonchev–Trinajstić information content (AvgIpc) is 3.98. The van der Waals surface area contributed by atoms with Crippen molar-refractivity contribution >= 4 is 65.6 Å². The van der Waals surface area contributed by atoms with Gasteiger partial charge in [-0.1, -0.05) is 109 Å². The molecule has 0 bridgehead atoms. The van der Waals surface area contributed by atoms with Gasteiger partial charge in [0.2, 0.25) is 17.2 Å². The molecule has 8 aromatic carbocycles. The third-order valence-corrected chi connectivity index (χ3v) is 11.7. The zero-order valence-corrected chi connectivity index (χ0v) is 32.4. The van der Waals surface area contributed by atoms with Crippen LogP contribution in [0.5, 0.6) is 28.7 Å². The number of phenols is 5. The minimum Gasteiger partial charge on any atom is -0.504 e. The Morgan fingerprint density at radius 3 is 1.45 bits per heavy atom. The van der Waals surface area contributed by atoms with Crippen LogP contribution >= 0.6 is 0 Å². The summed E-state index contributed by atoms with van der Waals surface area (Å²) in [5, 5.41) is 59.9. The number of nitrogens with zero attached hydrogens (tertiary/aromatic N) is 5. The van der Waals surface area contributed by atoms with Crippen LogP contribution in [0.3, 0.4) is 0 Å². The maximum Gasteiger partial charge on any atom is 0.208 e. The lowest BCUT2D eigenvalue weighted by atomic mass is 10.0. The minimum atomic E-state index is -1.09. The quantitative estimate of drug-likeness (QED) is 0.0841. The molecule has 0 saturated carbocycles. The normalized spacial score (nSPS) is 11.9. The molecular formula is C51H31N5O6. The molecule has 0 unspecified atom stereocenters. The summed E-state index contributed by atoms with van der Waals surface area (Å²) in [7, 11) is 0. The molecule has 12 rings (SSSR count). The Labute approximate surface area is 350 Å². The van der Waals surface area contributed by atoms with E-state index < -0.39 is 34.3 Å². The number of aromatic hydroxyl groups is 5. The molecule has 0 amide bonds. The van der Waals surface area contributed by atoms with Gasteiger partial charge in [-0.05, 0) is 48.5 Å². The molecule has 4 heterocycles. The number of benzene rings is 8. The first-order chi connectivity index (χ1) is 30.4. The lowest BCUT2D eigenvalue weighted by Gasteiger charge is -2.16. The second-order valence-corrected chi connectivity index (χ2v) is 15.1. The number of para-hydroxylation sites is 4. The highest BCUT2D eigenvalue weighted by atomic mass is 16.4. The molecule has 4 aromatic heterocycles. The topological polar surface area (TPSA) is 163 Å². The van der Waals surface area contributed by atoms with Gasteiger partial charge in [0.15, 0.2) is 34.6 Å². The molecule has 12 aromatic rings. The first-order valence-electron chi connectivity index (χ1n) is 19.8. The van der Waals surface area contributed by atoms with Gasteiger partial charge in [-0.25, -0.2) is 15.0 Å². The molecule has 296 valence electrons. The fourth-order valence-corrected chi connectivity index (χ4v) is 9.01. The van der Waals surface area contributed by atoms with E-state index >= 15 is 0 Å². The lowest BCUT2D eigenvalue weighted by Crippen LogP contribution is -2.04. The molecular weight excluding hydrogens is 779 g/mol. The van der Waals surface area contributed by atoms with Crippen molar-refractivity contribution < 1.29 is 29.9 Å². The molecule has 0 saturated heterocycles. The minimum absolute atomic E-state index is 0.126. The largest absolute Gasteiger partial charge is 0.504 e. The lowest BCUT2D eigenvalue weighted by molar-refractivity contribution is 0.329. The van der Waals surface area contributed by atoms with Gasteiger partial charge >= 0.3 is 0 Å². The van der Waals surface area contributed by atoms with E-state index in [-0.39, 0.29) is 17.5 Å². The first-order valence-corrected chi connectivity index (χ1v) is 19.8. The van der Waals surface area contributed by atoms with Gasteiger partial charge < -0.3 is 39.1 Å². The molecule has 0 atom stereocenters. The van der Waals surface area contributed by atoms with E-state index in [2.05, 4.69) is 80.8 Å². The number of hydrogen-bond acceptors (Lipinski definition) is 9. The summed E-state index contributed by atoms with van der Waals surface area (Å²) in [5.74, 6) is -5.03. The molecule has 0 spiro atoms. The van der Waals surface area contributed by atoms with Gasteiger partial charge in [-0.2, -0.15) is 0 Å². The zero-order chi connectivity index (χ0) is 41.8. The van der Waals surface area contributed by atoms with Crippen LogP contribution < -0.4 is 0 Å². The van der Waals surface area contributed by atoms with Gasteiger partial charge in [0.05, 0.1) is 33.1 Å². The maximum absolute atomic E-state index is 11.2. The second-order valence-electron chi connectivity index (χ2n) is 15.1. The maximum atomic E-state index is 11.2. The van der Waals surface area contributed by atoms with Gasteiger partial charge in [0.1, 0.15) is 16.8 Å². The highest BCUT2D eigenvalue weighted by Gasteiger charge is 2.30. The van der Waals surface area contributed by atoms with Crippen molar-refractivity contribution in [1.82, 2.24) is 24.1 Å². The van der Waals surface area contributed by atoms with Crippen LogP contribution in [0, 0.1) is 0 Å². The van der Waals surface area contributed by atoms with Crippen molar-refractivity contribution in [2.45, 2.75) is 0 Å². The summed E-state index contributed by atoms with van der Waals surface area (Å²) in [6.45, 7) is 0. The van der Waals surface area contributed by atoms with Crippen LogP contribution in [0.1, 0.15) is 0 Å². The molecule has 0 aliphatic heterocycles. The van der Waals surface area contributed by atoms with Crippen LogP contribution in [-0.4, -0.2) is 49.6 Å². The third-order valence-electron chi connectivity index (χ3n) is 11.7. The van der Waals surface area contributed by atoms with Crippen molar-refractivity contribution in [3.63, 3.8) is 0 Å². The van der Waals surface area contributed by atoms with Crippen LogP contribution in [0.4, 0.5) is 0 Å². The van der Waals surface area contributed by atoms with E-state index in [9.17, 15) is 25.5 Å². The number of hydrogen-bond donors (Lipinski definition) is 5. The monoisotopic (exact) mass is 809 g/mol. The average molecular weight is 810 g/mol. The zero-order valence-electron chi connectivity index (χ0n) is 32.4. The standard InChI is InChI=1S/C51H31N5O6/c57-43-41(44(58)46(60)47(61)45(43)59)51-53-49(27-13-2-1-3-14-27)52-50(54-51)33-26-25-32-40-38(55-34-19-8-4-15-28(34)29-16-5-9-20-35(29)55)23-12-24-39(40)62-48(32)42(33)56-36-21-10-6-17-30(36)31-18-7-11-22-37(31)56/h1-26,57-61H. The summed E-state index contributed by atoms with van der Waals surface area (Å²) >= 11 is 0. The van der Waals surface area contributed by atoms with E-state index in [1.807, 2.05) is 78.9 Å². The molecule has 0 fully saturated rings. The summed E-state index contributed by atoms with van der Waals surface area (Å²) < 4.78 is 11.5. The Balaban J connectivity index is 1.23. The van der Waals surface area contributed by atoms with E-state index in [0.717, 1.165) is 60.1 Å². The number of aromatic nitrogens is 5. The van der Waals surface area contributed by atoms with Gasteiger partial charge in [-0.3, -0.25) is 0 Å². The molecule has 0 aliphatic carbocycles. The van der Waals surface area contributed by atoms with Crippen LogP contribution in [0.25, 0.3) is 111 Å². The molecule has 11 nitrogen and oxygen atoms in total. The predicted octanol–water partition coefficient (Wildman–Crippen LogP) is 11.5. The second kappa shape index (κ2) is 13.1. The van der Waals surface area contributed by atoms with Crippen molar-refractivity contribution in [1.29, 1.82) is 0 Å². The van der Waals surface area contributed by atoms with Crippen molar-refractivity contribution in [2.24, 2.45) is 0 Å². The Morgan fingerprint density at radius 2 is 0.871 bits per heavy atom. The van der Waals surface area contributed by atoms with Crippen LogP contribution in [0.2, 0.25) is 0 Å². The smallest absolute Gasteiger partial charge is 0.208 e. The highest BCUT2D eigenvalue weighted by Crippen LogP contribution is 2.54. The van der Waals surface area contributed by atoms with Gasteiger partial charge in [0.25, 0.3) is 0 Å². The van der Waals surface area contributed by atoms with E-state index in [1.165, 1.54) is 0 Å². The molecule has 0 radical (unpaired) electrons. The Kier molecular flexibility index (Phi) is 7.42. The number of rotatable bonds is 5. The Morgan fingerprint density at radius 1 is 0.387 bits per heavy atom. The third kappa shape index (κ3) is 4.90. The van der Waals surface area contributed by atoms with Crippen LogP contribution in [-0.2, 0) is 0 Å². The number of fused-ring (bicyclic) bond motifs is 9. The van der Waals surface area contributed by atoms with Crippen molar-refractivity contribution in [3.05, 3.63) is 158 Å². The summed E-state index contributed by atoms with van der Waals surface area (Å²) in [6.07, 6.45) is 0. The molecule has 11 heteroatoms. The van der Waals surface area contributed by atoms with E-state index in [0.29, 0.717) is 28.0 Å². The van der Waals surface area contributed by atoms with E-state index in [4.69, 9.17) is 14.4 Å². The van der Waals surface area contributed by atoms with Gasteiger partial charge in [0, 0.05) is 38.1 Å². The fourth-order valence-electron chi connectivity index (χ4n) is 9.01. The summed E-state index contributed by atoms with van der Waals surface area (Å²) in [4.78, 5) is 14.5. The van der Waals surface area contributed by atoms with Gasteiger partial charge in [-0.15, -0.1) is 0 Å². The number of phenolic OH excluding ortho intramolecular Hbond substituents is 5. The summed E-state index contributed by atoms with van der Waals surface area (Å²) in [5.41, 5.74) is 7.25. The SMILES string of the molecule is Oc1c(O)c(O)c(-c2nc(-c3ccccc3)nc(-c3ccc4c(oc5cccc(-n6c7ccccc7c7ccccc76)c54)c3-n3c4ccccc4c4ccccc43)n2)c(O)c1O. The number of furan rings is 1. The van der Waals surface area contributed by atoms with Crippen LogP contribution in [0.15, 0.2) is 162 Å². The first kappa shape index (κ1) is 35.1. The van der Waals surface area contributed by atoms with Crippen molar-refractivity contribution in [3.8, 4) is 74.3 Å². The van der Waals surface area contributed by atoms with E-state index in [1.54, 1.807) is 12.1 Å². The fraction of sp³-hybridized carbons (Fsp3) is 0. The Bertz CT molecular complexity index is 3700. The molecule has 62 heavy (non-hydrogen) atoms. The van der Waals surface area contributed by atoms with Crippen molar-refractivity contribution in [2.75, 3.05) is 0 Å². The predicted molar refractivity (Wildman–Crippen MR) is 240 cm³/mol. The molecule has 5 N–H and O–H groups in total. The molecule has 0 aliphatic rings. The summed E-state index contributed by atoms with van der Waals surface area (Å²) in [6, 6.07) is 52.1. The Hall–Kier alpha value is -8.83.